The van der Waals surface area contributed by atoms with Crippen LogP contribution < -0.4 is 5.32 Å². The van der Waals surface area contributed by atoms with Gasteiger partial charge in [0.25, 0.3) is 0 Å². The summed E-state index contributed by atoms with van der Waals surface area (Å²) in [5.41, 5.74) is 1.38. The minimum atomic E-state index is 0. The molecule has 1 saturated carbocycles. The third kappa shape index (κ3) is 4.78. The van der Waals surface area contributed by atoms with Gasteiger partial charge in [0, 0.05) is 50.3 Å². The van der Waals surface area contributed by atoms with Crippen molar-refractivity contribution in [3.05, 3.63) is 34.9 Å². The van der Waals surface area contributed by atoms with Crippen LogP contribution in [0.4, 0.5) is 0 Å². The lowest BCUT2D eigenvalue weighted by molar-refractivity contribution is 0.0512. The highest BCUT2D eigenvalue weighted by molar-refractivity contribution is 14.0. The van der Waals surface area contributed by atoms with Crippen LogP contribution in [0.25, 0.3) is 0 Å². The van der Waals surface area contributed by atoms with Crippen LogP contribution in [0.1, 0.15) is 44.1 Å². The molecule has 3 aliphatic rings. The zero-order chi connectivity index (χ0) is 18.7. The van der Waals surface area contributed by atoms with E-state index in [-0.39, 0.29) is 29.4 Å². The van der Waals surface area contributed by atoms with E-state index in [0.717, 1.165) is 68.5 Å². The van der Waals surface area contributed by atoms with Crippen LogP contribution in [0.15, 0.2) is 29.3 Å². The van der Waals surface area contributed by atoms with Gasteiger partial charge in [-0.15, -0.1) is 24.0 Å². The van der Waals surface area contributed by atoms with Crippen LogP contribution in [0.5, 0.6) is 0 Å². The van der Waals surface area contributed by atoms with Gasteiger partial charge in [0.1, 0.15) is 0 Å². The van der Waals surface area contributed by atoms with Gasteiger partial charge in [-0.1, -0.05) is 36.6 Å². The lowest BCUT2D eigenvalue weighted by Crippen LogP contribution is -2.49. The number of guanidine groups is 1. The van der Waals surface area contributed by atoms with Gasteiger partial charge in [0.2, 0.25) is 0 Å². The molecule has 0 aromatic heterocycles. The van der Waals surface area contributed by atoms with Crippen molar-refractivity contribution in [2.75, 3.05) is 39.9 Å². The molecule has 1 aromatic carbocycles. The summed E-state index contributed by atoms with van der Waals surface area (Å²) in [5.74, 6) is 2.79. The molecule has 2 heterocycles. The second kappa shape index (κ2) is 9.98. The lowest BCUT2D eigenvalue weighted by atomic mass is 9.74. The molecule has 1 aliphatic carbocycles. The van der Waals surface area contributed by atoms with Crippen molar-refractivity contribution in [1.82, 2.24) is 10.2 Å². The summed E-state index contributed by atoms with van der Waals surface area (Å²) in [7, 11) is 1.92. The van der Waals surface area contributed by atoms with E-state index in [9.17, 15) is 0 Å². The van der Waals surface area contributed by atoms with Gasteiger partial charge in [0.15, 0.2) is 5.96 Å². The SMILES string of the molecule is CN=C(NCC1(c2cccc(Cl)c2)CCOCC1)N1CC2CCCCC2C1.I. The van der Waals surface area contributed by atoms with Gasteiger partial charge in [-0.05, 0) is 55.2 Å². The van der Waals surface area contributed by atoms with Crippen LogP contribution in [0.3, 0.4) is 0 Å². The number of aliphatic imine (C=N–C) groups is 1. The number of hydrogen-bond acceptors (Lipinski definition) is 2. The van der Waals surface area contributed by atoms with Gasteiger partial charge < -0.3 is 15.0 Å². The van der Waals surface area contributed by atoms with E-state index < -0.39 is 0 Å². The molecule has 3 fully saturated rings. The molecule has 0 bridgehead atoms. The standard InChI is InChI=1S/C22H32ClN3O.HI/c1-24-21(26-14-17-5-2-3-6-18(17)15-26)25-16-22(9-11-27-12-10-22)19-7-4-8-20(23)13-19;/h4,7-8,13,17-18H,2-3,5-6,9-12,14-16H2,1H3,(H,24,25);1H. The summed E-state index contributed by atoms with van der Waals surface area (Å²) >= 11 is 6.31. The van der Waals surface area contributed by atoms with Crippen LogP contribution in [0.2, 0.25) is 5.02 Å². The molecule has 2 aliphatic heterocycles. The first-order valence-corrected chi connectivity index (χ1v) is 10.9. The molecule has 28 heavy (non-hydrogen) atoms. The molecule has 1 N–H and O–H groups in total. The lowest BCUT2D eigenvalue weighted by Gasteiger charge is -2.39. The molecule has 6 heteroatoms. The number of nitrogens with zero attached hydrogens (tertiary/aromatic N) is 2. The highest BCUT2D eigenvalue weighted by Crippen LogP contribution is 2.37. The maximum absolute atomic E-state index is 6.31. The third-order valence-electron chi connectivity index (χ3n) is 6.96. The number of benzene rings is 1. The Hall–Kier alpha value is -0.530. The smallest absolute Gasteiger partial charge is 0.193 e. The molecule has 2 unspecified atom stereocenters. The van der Waals surface area contributed by atoms with Crippen LogP contribution in [0, 0.1) is 11.8 Å². The Balaban J connectivity index is 0.00000225. The molecule has 2 saturated heterocycles. The molecule has 156 valence electrons. The van der Waals surface area contributed by atoms with Crippen molar-refractivity contribution in [3.8, 4) is 0 Å². The van der Waals surface area contributed by atoms with Crippen LogP contribution in [-0.2, 0) is 10.2 Å². The van der Waals surface area contributed by atoms with E-state index in [1.54, 1.807) is 0 Å². The zero-order valence-corrected chi connectivity index (χ0v) is 19.9. The molecular weight excluding hydrogens is 485 g/mol. The summed E-state index contributed by atoms with van der Waals surface area (Å²) in [6.45, 7) is 4.83. The predicted octanol–water partition coefficient (Wildman–Crippen LogP) is 4.70. The van der Waals surface area contributed by atoms with E-state index in [4.69, 9.17) is 16.3 Å². The Morgan fingerprint density at radius 1 is 1.21 bits per heavy atom. The number of rotatable bonds is 3. The molecule has 1 aromatic rings. The first-order valence-electron chi connectivity index (χ1n) is 10.5. The van der Waals surface area contributed by atoms with E-state index in [1.165, 1.54) is 31.2 Å². The number of halogens is 2. The molecule has 0 spiro atoms. The minimum absolute atomic E-state index is 0. The van der Waals surface area contributed by atoms with Gasteiger partial charge in [-0.2, -0.15) is 0 Å². The van der Waals surface area contributed by atoms with Crippen LogP contribution in [-0.4, -0.2) is 50.8 Å². The summed E-state index contributed by atoms with van der Waals surface area (Å²) in [5, 5.41) is 4.54. The Morgan fingerprint density at radius 3 is 2.50 bits per heavy atom. The van der Waals surface area contributed by atoms with Gasteiger partial charge >= 0.3 is 0 Å². The maximum atomic E-state index is 6.31. The average molecular weight is 518 g/mol. The summed E-state index contributed by atoms with van der Waals surface area (Å²) in [6.07, 6.45) is 7.62. The van der Waals surface area contributed by atoms with E-state index in [2.05, 4.69) is 33.4 Å². The fourth-order valence-electron chi connectivity index (χ4n) is 5.31. The van der Waals surface area contributed by atoms with E-state index in [1.807, 2.05) is 13.1 Å². The minimum Gasteiger partial charge on any atom is -0.381 e. The Kier molecular flexibility index (Phi) is 7.90. The van der Waals surface area contributed by atoms with Crippen molar-refractivity contribution in [2.24, 2.45) is 16.8 Å². The summed E-state index contributed by atoms with van der Waals surface area (Å²) < 4.78 is 5.67. The van der Waals surface area contributed by atoms with Crippen molar-refractivity contribution in [1.29, 1.82) is 0 Å². The second-order valence-corrected chi connectivity index (χ2v) is 8.95. The third-order valence-corrected chi connectivity index (χ3v) is 7.19. The molecule has 0 radical (unpaired) electrons. The highest BCUT2D eigenvalue weighted by Gasteiger charge is 2.38. The monoisotopic (exact) mass is 517 g/mol. The Morgan fingerprint density at radius 2 is 1.89 bits per heavy atom. The van der Waals surface area contributed by atoms with Crippen molar-refractivity contribution >= 4 is 41.5 Å². The number of fused-ring (bicyclic) bond motifs is 1. The number of hydrogen-bond donors (Lipinski definition) is 1. The Bertz CT molecular complexity index is 664. The maximum Gasteiger partial charge on any atom is 0.193 e. The molecule has 2 atom stereocenters. The number of nitrogens with one attached hydrogen (secondary N) is 1. The molecule has 4 rings (SSSR count). The van der Waals surface area contributed by atoms with E-state index >= 15 is 0 Å². The van der Waals surface area contributed by atoms with Gasteiger partial charge in [-0.25, -0.2) is 0 Å². The number of likely N-dealkylation sites (tertiary alicyclic amines) is 1. The number of ether oxygens (including phenoxy) is 1. The quantitative estimate of drug-likeness (QED) is 0.359. The van der Waals surface area contributed by atoms with Crippen molar-refractivity contribution < 1.29 is 4.74 Å². The first kappa shape index (κ1) is 22.2. The fourth-order valence-corrected chi connectivity index (χ4v) is 5.50. The topological polar surface area (TPSA) is 36.9 Å². The van der Waals surface area contributed by atoms with Crippen LogP contribution >= 0.6 is 35.6 Å². The normalized spacial score (nSPS) is 27.1. The van der Waals surface area contributed by atoms with Crippen molar-refractivity contribution in [2.45, 2.75) is 43.9 Å². The van der Waals surface area contributed by atoms with Gasteiger partial charge in [0.05, 0.1) is 0 Å². The summed E-state index contributed by atoms with van der Waals surface area (Å²) in [4.78, 5) is 7.12. The molecule has 4 nitrogen and oxygen atoms in total. The zero-order valence-electron chi connectivity index (χ0n) is 16.8. The average Bonchev–Trinajstić information content (AvgIpc) is 3.13. The van der Waals surface area contributed by atoms with Crippen molar-refractivity contribution in [3.63, 3.8) is 0 Å². The Labute approximate surface area is 191 Å². The van der Waals surface area contributed by atoms with Gasteiger partial charge in [-0.3, -0.25) is 4.99 Å². The molecule has 0 amide bonds. The van der Waals surface area contributed by atoms with E-state index in [0.29, 0.717) is 0 Å². The molecular formula is C22H33ClIN3O. The first-order chi connectivity index (χ1) is 13.2. The largest absolute Gasteiger partial charge is 0.381 e. The predicted molar refractivity (Wildman–Crippen MR) is 127 cm³/mol. The summed E-state index contributed by atoms with van der Waals surface area (Å²) in [6, 6.07) is 8.36. The second-order valence-electron chi connectivity index (χ2n) is 8.51. The fraction of sp³-hybridized carbons (Fsp3) is 0.682. The highest BCUT2D eigenvalue weighted by atomic mass is 127.